The lowest BCUT2D eigenvalue weighted by atomic mass is 9.91. The Labute approximate surface area is 506 Å². The molecular formula is C53H86N8O27. The number of aliphatic hydroxyl groups is 6. The molecule has 6 aliphatic heterocycles. The maximum atomic E-state index is 14.2. The number of methoxy groups -OCH3 is 1. The normalized spacial score (nSPS) is 41.9. The van der Waals surface area contributed by atoms with Gasteiger partial charge in [0.1, 0.15) is 91.4 Å². The molecule has 0 bridgehead atoms. The van der Waals surface area contributed by atoms with E-state index in [9.17, 15) is 73.8 Å². The number of hydrogen-bond donors (Lipinski definition) is 14. The molecule has 88 heavy (non-hydrogen) atoms. The summed E-state index contributed by atoms with van der Waals surface area (Å²) in [6.07, 6.45) is -35.8. The number of carbonyl (C=O) groups is 9. The molecule has 35 heteroatoms. The van der Waals surface area contributed by atoms with Gasteiger partial charge >= 0.3 is 0 Å². The molecule has 0 aromatic carbocycles. The number of amides is 9. The van der Waals surface area contributed by atoms with E-state index in [2.05, 4.69) is 42.5 Å². The van der Waals surface area contributed by atoms with Crippen molar-refractivity contribution in [2.75, 3.05) is 20.3 Å². The second kappa shape index (κ2) is 31.2. The van der Waals surface area contributed by atoms with Crippen LogP contribution in [0.4, 0.5) is 0 Å². The Hall–Kier alpha value is -5.29. The second-order valence-corrected chi connectivity index (χ2v) is 22.7. The van der Waals surface area contributed by atoms with Crippen molar-refractivity contribution in [2.24, 2.45) is 0 Å². The third-order valence-corrected chi connectivity index (χ3v) is 15.6. The third kappa shape index (κ3) is 17.4. The molecule has 6 heterocycles. The van der Waals surface area contributed by atoms with Crippen molar-refractivity contribution in [1.82, 2.24) is 42.5 Å². The molecule has 35 nitrogen and oxygen atoms in total. The Morgan fingerprint density at radius 3 is 1.39 bits per heavy atom. The maximum absolute atomic E-state index is 14.2. The fourth-order valence-electron chi connectivity index (χ4n) is 11.7. The highest BCUT2D eigenvalue weighted by atomic mass is 16.8. The average Bonchev–Trinajstić information content (AvgIpc) is 1.18. The first-order valence-electron chi connectivity index (χ1n) is 28.7. The first-order valence-corrected chi connectivity index (χ1v) is 28.7. The zero-order chi connectivity index (χ0) is 65.5. The van der Waals surface area contributed by atoms with Gasteiger partial charge in [0, 0.05) is 62.5 Å². The number of hydrogen-bond acceptors (Lipinski definition) is 27. The maximum Gasteiger partial charge on any atom is 0.258 e. The van der Waals surface area contributed by atoms with Crippen LogP contribution in [0.3, 0.4) is 0 Å². The molecule has 0 spiro atoms. The molecule has 6 saturated heterocycles. The Morgan fingerprint density at radius 2 is 0.830 bits per heavy atom. The lowest BCUT2D eigenvalue weighted by Crippen LogP contribution is -2.74. The van der Waals surface area contributed by atoms with Crippen molar-refractivity contribution in [3.63, 3.8) is 0 Å². The topological polar surface area (TPSA) is 482 Å². The summed E-state index contributed by atoms with van der Waals surface area (Å²) in [6, 6.07) is -8.67. The molecular weight excluding hydrogens is 1180 g/mol. The zero-order valence-electron chi connectivity index (χ0n) is 50.9. The quantitative estimate of drug-likeness (QED) is 0.0538. The van der Waals surface area contributed by atoms with Gasteiger partial charge in [0.05, 0.1) is 61.8 Å². The van der Waals surface area contributed by atoms with Crippen molar-refractivity contribution >= 4 is 53.2 Å². The fourth-order valence-corrected chi connectivity index (χ4v) is 11.7. The summed E-state index contributed by atoms with van der Waals surface area (Å²) in [7, 11) is 1.34. The molecule has 14 N–H and O–H groups in total. The highest BCUT2D eigenvalue weighted by Crippen LogP contribution is 2.38. The van der Waals surface area contributed by atoms with Crippen LogP contribution in [0.5, 0.6) is 0 Å². The van der Waals surface area contributed by atoms with Gasteiger partial charge in [-0.15, -0.1) is 0 Å². The van der Waals surface area contributed by atoms with E-state index < -0.39 is 237 Å². The van der Waals surface area contributed by atoms with Crippen LogP contribution in [0.25, 0.3) is 0 Å². The largest absolute Gasteiger partial charge is 0.394 e. The molecule has 0 unspecified atom stereocenters. The number of imide groups is 1. The van der Waals surface area contributed by atoms with Crippen LogP contribution >= 0.6 is 0 Å². The first-order chi connectivity index (χ1) is 41.3. The molecule has 0 saturated carbocycles. The molecule has 0 aromatic heterocycles. The fraction of sp³-hybridized carbons (Fsp3) is 0.830. The van der Waals surface area contributed by atoms with Gasteiger partial charge in [-0.2, -0.15) is 0 Å². The van der Waals surface area contributed by atoms with E-state index in [1.807, 2.05) is 0 Å². The van der Waals surface area contributed by atoms with Crippen LogP contribution in [-0.2, 0) is 100.0 Å². The summed E-state index contributed by atoms with van der Waals surface area (Å²) < 4.78 is 74.1. The summed E-state index contributed by atoms with van der Waals surface area (Å²) >= 11 is 0. The number of rotatable bonds is 20. The van der Waals surface area contributed by atoms with Gasteiger partial charge in [0.25, 0.3) is 5.91 Å². The molecule has 6 aliphatic rings. The van der Waals surface area contributed by atoms with Crippen molar-refractivity contribution < 1.29 is 131 Å². The monoisotopic (exact) mass is 1270 g/mol. The molecule has 0 radical (unpaired) electrons. The lowest BCUT2D eigenvalue weighted by Gasteiger charge is -2.51. The SMILES string of the molecule is CO[C@@H]1[C@@H](NC(C)=O)[C@H](O[C@@H]2[C@@H](O)[C@@H](C)O[C@H](CO)[C@@H]2O[C@@H]2O[C@@H](C)[C@H](O)[C@@H](O)[C@H]2O[C@@H]2O[C@@H](C)[C@H](O[C@@H]3O[C@H](C(=O)NC(C)=O)[C@@H](O[C@H]4OC[C@H](NC(C)=O)[C@H](NC(C)=O)[C@H]4NC(C)=O)[C@H](NC(C)=O)[C@H]3NC(C)=O)[C@@H](O)[C@H]2O)O[C@H](C)[C@H]1NC(C)=O. The summed E-state index contributed by atoms with van der Waals surface area (Å²) in [5.74, 6) is -6.46. The van der Waals surface area contributed by atoms with Crippen LogP contribution in [-0.4, -0.2) is 282 Å². The van der Waals surface area contributed by atoms with Gasteiger partial charge < -0.3 is 125 Å². The minimum Gasteiger partial charge on any atom is -0.394 e. The second-order valence-electron chi connectivity index (χ2n) is 22.7. The van der Waals surface area contributed by atoms with E-state index in [1.165, 1.54) is 55.6 Å². The van der Waals surface area contributed by atoms with E-state index in [-0.39, 0.29) is 6.61 Å². The molecule has 6 rings (SSSR count). The van der Waals surface area contributed by atoms with Gasteiger partial charge in [0.2, 0.25) is 47.3 Å². The zero-order valence-corrected chi connectivity index (χ0v) is 50.9. The summed E-state index contributed by atoms with van der Waals surface area (Å²) in [6.45, 7) is 13.8. The van der Waals surface area contributed by atoms with Gasteiger partial charge in [-0.1, -0.05) is 0 Å². The minimum atomic E-state index is -2.17. The number of carbonyl (C=O) groups excluding carboxylic acids is 9. The van der Waals surface area contributed by atoms with Gasteiger partial charge in [-0.05, 0) is 27.7 Å². The lowest BCUT2D eigenvalue weighted by molar-refractivity contribution is -0.390. The van der Waals surface area contributed by atoms with E-state index in [0.717, 1.165) is 27.7 Å². The molecule has 6 fully saturated rings. The van der Waals surface area contributed by atoms with Gasteiger partial charge in [0.15, 0.2) is 37.6 Å². The van der Waals surface area contributed by atoms with Gasteiger partial charge in [-0.25, -0.2) is 0 Å². The van der Waals surface area contributed by atoms with Crippen LogP contribution in [0.15, 0.2) is 0 Å². The molecule has 29 atom stereocenters. The predicted molar refractivity (Wildman–Crippen MR) is 290 cm³/mol. The number of nitrogens with one attached hydrogen (secondary N) is 8. The number of aliphatic hydroxyl groups excluding tert-OH is 6. The van der Waals surface area contributed by atoms with Gasteiger partial charge in [-0.3, -0.25) is 48.5 Å². The third-order valence-electron chi connectivity index (χ3n) is 15.6. The summed E-state index contributed by atoms with van der Waals surface area (Å²) in [4.78, 5) is 115. The van der Waals surface area contributed by atoms with E-state index in [0.29, 0.717) is 0 Å². The summed E-state index contributed by atoms with van der Waals surface area (Å²) in [5, 5.41) is 90.0. The van der Waals surface area contributed by atoms with Crippen molar-refractivity contribution in [3.8, 4) is 0 Å². The van der Waals surface area contributed by atoms with Crippen LogP contribution in [0, 0.1) is 0 Å². The van der Waals surface area contributed by atoms with Crippen molar-refractivity contribution in [3.05, 3.63) is 0 Å². The Bertz CT molecular complexity index is 2470. The molecule has 9 amide bonds. The standard InChI is InChI=1S/C53H86N8O27/c1-16-30(55-21(6)64)43(77-13)35(60-26(11)69)51(80-16)86-45-37(72)18(3)79-29(14-62)42(45)84-53-46(38(73)36(71)17(2)81-53)87-52-40(75)39(74)41(19(4)82-52)83-50-34(59-25(10)68)32(57-23(8)66)44(47(88-50)48(76)61-27(12)70)85-49-33(58-24(9)67)31(56-22(7)65)28(15-78-49)54-20(5)63/h16-19,28-47,49-53,62,71-75H,14-15H2,1-13H3,(H,54,63)(H,55,64)(H,56,65)(H,57,66)(H,58,67)(H,59,68)(H,60,69)(H,61,70,76)/t16-,17+,18-,19+,28+,29-,30-,31+,32-,33-,34-,35-,36+,37+,38-,39+,40-,41+,42+,43+,44+,45-,46-,47+,49-,50-,51+,52+,53+/m1/s1. The van der Waals surface area contributed by atoms with Crippen LogP contribution < -0.4 is 42.5 Å². The van der Waals surface area contributed by atoms with E-state index in [4.69, 9.17) is 56.8 Å². The van der Waals surface area contributed by atoms with Crippen molar-refractivity contribution in [1.29, 1.82) is 0 Å². The van der Waals surface area contributed by atoms with E-state index in [1.54, 1.807) is 6.92 Å². The number of ether oxygens (including phenoxy) is 12. The predicted octanol–water partition coefficient (Wildman–Crippen LogP) is -7.98. The highest BCUT2D eigenvalue weighted by molar-refractivity contribution is 5.96. The Kier molecular flexibility index (Phi) is 25.4. The molecule has 500 valence electrons. The summed E-state index contributed by atoms with van der Waals surface area (Å²) in [5.41, 5.74) is 0. The average molecular weight is 1270 g/mol. The molecule has 0 aliphatic carbocycles. The molecule has 0 aromatic rings. The highest BCUT2D eigenvalue weighted by Gasteiger charge is 2.59. The van der Waals surface area contributed by atoms with Crippen LogP contribution in [0.1, 0.15) is 83.1 Å². The Balaban J connectivity index is 1.29. The smallest absolute Gasteiger partial charge is 0.258 e. The van der Waals surface area contributed by atoms with E-state index >= 15 is 0 Å². The minimum absolute atomic E-state index is 0.365. The van der Waals surface area contributed by atoms with Crippen LogP contribution in [0.2, 0.25) is 0 Å². The first kappa shape index (κ1) is 71.8. The Morgan fingerprint density at radius 1 is 0.386 bits per heavy atom. The van der Waals surface area contributed by atoms with Crippen molar-refractivity contribution in [2.45, 2.75) is 261 Å².